The molecule has 220 valence electrons. The molecule has 1 N–H and O–H groups in total. The Morgan fingerprint density at radius 3 is 2.15 bits per heavy atom. The van der Waals surface area contributed by atoms with Crippen molar-refractivity contribution < 1.29 is 22.7 Å². The number of sulfonamides is 1. The number of rotatable bonds is 14. The summed E-state index contributed by atoms with van der Waals surface area (Å²) in [6.07, 6.45) is 2.67. The smallest absolute Gasteiger partial charge is 0.264 e. The van der Waals surface area contributed by atoms with E-state index in [0.717, 1.165) is 26.7 Å². The third-order valence-corrected chi connectivity index (χ3v) is 9.08. The molecule has 0 saturated heterocycles. The summed E-state index contributed by atoms with van der Waals surface area (Å²) >= 11 is 1.51. The van der Waals surface area contributed by atoms with Gasteiger partial charge in [-0.2, -0.15) is 0 Å². The molecule has 0 aromatic heterocycles. The molecule has 1 atom stereocenters. The van der Waals surface area contributed by atoms with E-state index in [2.05, 4.69) is 5.32 Å². The Labute approximate surface area is 248 Å². The van der Waals surface area contributed by atoms with E-state index in [9.17, 15) is 18.0 Å². The summed E-state index contributed by atoms with van der Waals surface area (Å²) in [4.78, 5) is 29.4. The Morgan fingerprint density at radius 1 is 0.951 bits per heavy atom. The van der Waals surface area contributed by atoms with Gasteiger partial charge in [-0.05, 0) is 87.5 Å². The van der Waals surface area contributed by atoms with Crippen LogP contribution >= 0.6 is 11.8 Å². The van der Waals surface area contributed by atoms with Gasteiger partial charge in [0.2, 0.25) is 11.8 Å². The fourth-order valence-corrected chi connectivity index (χ4v) is 5.97. The number of ether oxygens (including phenoxy) is 1. The molecule has 0 radical (unpaired) electrons. The van der Waals surface area contributed by atoms with Crippen molar-refractivity contribution in [2.45, 2.75) is 56.5 Å². The monoisotopic (exact) mass is 597 g/mol. The standard InChI is InChI=1S/C31H39N3O5S2/c1-6-20-32-31(36)24(4)33(21-25-10-8-23(3)9-11-25)30(35)22-34(26-12-14-27(15-13-26)39-7-2)41(37,38)29-18-16-28(40-5)17-19-29/h8-19,24H,6-7,20-22H2,1-5H3,(H,32,36)/t24-/m1/s1. The van der Waals surface area contributed by atoms with Gasteiger partial charge in [0.1, 0.15) is 18.3 Å². The van der Waals surface area contributed by atoms with Crippen LogP contribution in [-0.4, -0.2) is 57.1 Å². The van der Waals surface area contributed by atoms with Crippen LogP contribution in [0, 0.1) is 6.92 Å². The highest BCUT2D eigenvalue weighted by molar-refractivity contribution is 7.98. The quantitative estimate of drug-likeness (QED) is 0.255. The van der Waals surface area contributed by atoms with Crippen LogP contribution in [0.15, 0.2) is 82.6 Å². The summed E-state index contributed by atoms with van der Waals surface area (Å²) in [6.45, 7) is 8.06. The van der Waals surface area contributed by atoms with Crippen LogP contribution in [0.25, 0.3) is 0 Å². The van der Waals surface area contributed by atoms with Crippen LogP contribution in [-0.2, 0) is 26.2 Å². The molecule has 0 spiro atoms. The highest BCUT2D eigenvalue weighted by Crippen LogP contribution is 2.28. The molecular weight excluding hydrogens is 558 g/mol. The average molecular weight is 598 g/mol. The maximum absolute atomic E-state index is 14.0. The van der Waals surface area contributed by atoms with Crippen molar-refractivity contribution in [3.8, 4) is 5.75 Å². The number of carbonyl (C=O) groups excluding carboxylic acids is 2. The predicted molar refractivity (Wildman–Crippen MR) is 165 cm³/mol. The molecule has 0 saturated carbocycles. The van der Waals surface area contributed by atoms with E-state index in [1.807, 2.05) is 51.3 Å². The first-order chi connectivity index (χ1) is 19.6. The zero-order valence-corrected chi connectivity index (χ0v) is 25.9. The minimum absolute atomic E-state index is 0.0656. The van der Waals surface area contributed by atoms with Gasteiger partial charge in [0.05, 0.1) is 17.2 Å². The molecule has 41 heavy (non-hydrogen) atoms. The van der Waals surface area contributed by atoms with Crippen molar-refractivity contribution in [1.29, 1.82) is 0 Å². The lowest BCUT2D eigenvalue weighted by atomic mass is 10.1. The van der Waals surface area contributed by atoms with Crippen LogP contribution in [0.5, 0.6) is 5.75 Å². The lowest BCUT2D eigenvalue weighted by Crippen LogP contribution is -2.51. The Bertz CT molecular complexity index is 1390. The Hall–Kier alpha value is -3.50. The molecule has 2 amide bonds. The third-order valence-electron chi connectivity index (χ3n) is 6.55. The minimum atomic E-state index is -4.14. The summed E-state index contributed by atoms with van der Waals surface area (Å²) in [5.74, 6) is -0.204. The lowest BCUT2D eigenvalue weighted by Gasteiger charge is -2.32. The van der Waals surface area contributed by atoms with Crippen molar-refractivity contribution in [1.82, 2.24) is 10.2 Å². The first-order valence-electron chi connectivity index (χ1n) is 13.6. The van der Waals surface area contributed by atoms with Crippen molar-refractivity contribution in [2.24, 2.45) is 0 Å². The molecule has 0 aliphatic carbocycles. The summed E-state index contributed by atoms with van der Waals surface area (Å²) in [6, 6.07) is 20.0. The summed E-state index contributed by atoms with van der Waals surface area (Å²) in [5.41, 5.74) is 2.22. The molecule has 3 rings (SSSR count). The number of carbonyl (C=O) groups is 2. The van der Waals surface area contributed by atoms with Crippen molar-refractivity contribution in [2.75, 3.05) is 30.3 Å². The Kier molecular flexibility index (Phi) is 11.7. The fraction of sp³-hybridized carbons (Fsp3) is 0.355. The number of amides is 2. The number of anilines is 1. The normalized spacial score (nSPS) is 11.9. The Balaban J connectivity index is 2.02. The highest BCUT2D eigenvalue weighted by atomic mass is 32.2. The molecule has 0 heterocycles. The van der Waals surface area contributed by atoms with E-state index in [0.29, 0.717) is 24.6 Å². The van der Waals surface area contributed by atoms with Gasteiger partial charge in [0.25, 0.3) is 10.0 Å². The molecule has 0 aliphatic rings. The number of nitrogens with zero attached hydrogens (tertiary/aromatic N) is 2. The van der Waals surface area contributed by atoms with E-state index in [4.69, 9.17) is 4.74 Å². The van der Waals surface area contributed by atoms with Crippen molar-refractivity contribution >= 4 is 39.3 Å². The largest absolute Gasteiger partial charge is 0.494 e. The van der Waals surface area contributed by atoms with Gasteiger partial charge < -0.3 is 15.0 Å². The molecule has 10 heteroatoms. The molecule has 3 aromatic rings. The van der Waals surface area contributed by atoms with Gasteiger partial charge in [-0.15, -0.1) is 11.8 Å². The number of benzene rings is 3. The van der Waals surface area contributed by atoms with Gasteiger partial charge >= 0.3 is 0 Å². The topological polar surface area (TPSA) is 96.0 Å². The van der Waals surface area contributed by atoms with Gasteiger partial charge in [-0.25, -0.2) is 8.42 Å². The zero-order valence-electron chi connectivity index (χ0n) is 24.3. The number of aryl methyl sites for hydroxylation is 1. The van der Waals surface area contributed by atoms with Crippen molar-refractivity contribution in [3.63, 3.8) is 0 Å². The van der Waals surface area contributed by atoms with Crippen LogP contribution in [0.1, 0.15) is 38.3 Å². The van der Waals surface area contributed by atoms with Gasteiger partial charge in [-0.1, -0.05) is 36.8 Å². The number of nitrogens with one attached hydrogen (secondary N) is 1. The molecule has 3 aromatic carbocycles. The lowest BCUT2D eigenvalue weighted by molar-refractivity contribution is -0.139. The molecular formula is C31H39N3O5S2. The number of hydrogen-bond donors (Lipinski definition) is 1. The SMILES string of the molecule is CCCNC(=O)[C@@H](C)N(Cc1ccc(C)cc1)C(=O)CN(c1ccc(OCC)cc1)S(=O)(=O)c1ccc(SC)cc1. The molecule has 0 unspecified atom stereocenters. The highest BCUT2D eigenvalue weighted by Gasteiger charge is 2.32. The van der Waals surface area contributed by atoms with E-state index in [1.54, 1.807) is 43.3 Å². The fourth-order valence-electron chi connectivity index (χ4n) is 4.15. The second-order valence-electron chi connectivity index (χ2n) is 9.59. The van der Waals surface area contributed by atoms with Crippen molar-refractivity contribution in [3.05, 3.63) is 83.9 Å². The second-order valence-corrected chi connectivity index (χ2v) is 12.3. The Morgan fingerprint density at radius 2 is 1.59 bits per heavy atom. The zero-order chi connectivity index (χ0) is 30.0. The summed E-state index contributed by atoms with van der Waals surface area (Å²) < 4.78 is 34.6. The van der Waals surface area contributed by atoms with Crippen LogP contribution < -0.4 is 14.4 Å². The van der Waals surface area contributed by atoms with Gasteiger partial charge in [0.15, 0.2) is 0 Å². The summed E-state index contributed by atoms with van der Waals surface area (Å²) in [7, 11) is -4.14. The van der Waals surface area contributed by atoms with Crippen LogP contribution in [0.3, 0.4) is 0 Å². The maximum atomic E-state index is 14.0. The average Bonchev–Trinajstić information content (AvgIpc) is 2.98. The first-order valence-corrected chi connectivity index (χ1v) is 16.3. The number of hydrogen-bond acceptors (Lipinski definition) is 6. The number of thioether (sulfide) groups is 1. The summed E-state index contributed by atoms with van der Waals surface area (Å²) in [5, 5.41) is 2.85. The van der Waals surface area contributed by atoms with Crippen LogP contribution in [0.4, 0.5) is 5.69 Å². The maximum Gasteiger partial charge on any atom is 0.264 e. The third kappa shape index (κ3) is 8.50. The van der Waals surface area contributed by atoms with E-state index in [-0.39, 0.29) is 17.3 Å². The van der Waals surface area contributed by atoms with E-state index >= 15 is 0 Å². The molecule has 8 nitrogen and oxygen atoms in total. The van der Waals surface area contributed by atoms with E-state index in [1.165, 1.54) is 28.8 Å². The molecule has 0 fully saturated rings. The molecule has 0 bridgehead atoms. The van der Waals surface area contributed by atoms with Gasteiger partial charge in [-0.3, -0.25) is 13.9 Å². The van der Waals surface area contributed by atoms with Crippen LogP contribution in [0.2, 0.25) is 0 Å². The second kappa shape index (κ2) is 14.9. The van der Waals surface area contributed by atoms with Gasteiger partial charge in [0, 0.05) is 18.0 Å². The first kappa shape index (κ1) is 32.0. The molecule has 0 aliphatic heterocycles. The minimum Gasteiger partial charge on any atom is -0.494 e. The van der Waals surface area contributed by atoms with E-state index < -0.39 is 28.5 Å². The predicted octanol–water partition coefficient (Wildman–Crippen LogP) is 5.25.